The molecule has 1 aliphatic rings. The molecule has 156 valence electrons. The predicted octanol–water partition coefficient (Wildman–Crippen LogP) is 1.64. The molecule has 10 heteroatoms. The van der Waals surface area contributed by atoms with Crippen molar-refractivity contribution in [3.05, 3.63) is 35.9 Å². The molecule has 1 amide bonds. The van der Waals surface area contributed by atoms with Crippen LogP contribution in [0.15, 0.2) is 30.3 Å². The van der Waals surface area contributed by atoms with E-state index in [1.165, 1.54) is 0 Å². The van der Waals surface area contributed by atoms with Crippen molar-refractivity contribution < 1.29 is 23.1 Å². The maximum Gasteiger partial charge on any atom is 0.423 e. The van der Waals surface area contributed by atoms with Crippen LogP contribution in [0.4, 0.5) is 4.79 Å². The molecule has 1 aromatic carbocycles. The molecule has 0 saturated carbocycles. The topological polar surface area (TPSA) is 121 Å². The summed E-state index contributed by atoms with van der Waals surface area (Å²) in [6.45, 7) is 0.602. The normalized spacial score (nSPS) is 19.9. The van der Waals surface area contributed by atoms with Crippen molar-refractivity contribution in [1.29, 1.82) is 0 Å². The lowest BCUT2D eigenvalue weighted by atomic mass is 9.97. The molecule has 8 nitrogen and oxygen atoms in total. The molecule has 28 heavy (non-hydrogen) atoms. The van der Waals surface area contributed by atoms with Crippen LogP contribution in [0.1, 0.15) is 24.8 Å². The molecule has 1 saturated heterocycles. The second-order valence-corrected chi connectivity index (χ2v) is 9.52. The summed E-state index contributed by atoms with van der Waals surface area (Å²) in [7, 11) is -4.25. The zero-order valence-corrected chi connectivity index (χ0v) is 17.9. The van der Waals surface area contributed by atoms with Gasteiger partial charge in [0.25, 0.3) is 0 Å². The molecular weight excluding hydrogens is 450 g/mol. The molecule has 0 bridgehead atoms. The van der Waals surface area contributed by atoms with Gasteiger partial charge < -0.3 is 10.8 Å². The van der Waals surface area contributed by atoms with Gasteiger partial charge in [0, 0.05) is 30.9 Å². The van der Waals surface area contributed by atoms with E-state index >= 15 is 0 Å². The molecule has 1 aliphatic heterocycles. The Kier molecular flexibility index (Phi) is 7.99. The van der Waals surface area contributed by atoms with Crippen LogP contribution in [0.3, 0.4) is 0 Å². The van der Waals surface area contributed by atoms with Gasteiger partial charge in [0.05, 0.1) is 5.75 Å². The number of hydrogen-bond donors (Lipinski definition) is 2. The first kappa shape index (κ1) is 22.8. The average molecular weight is 476 g/mol. The molecule has 2 unspecified atom stereocenters. The average Bonchev–Trinajstić information content (AvgIpc) is 3.15. The molecule has 1 aromatic rings. The number of likely N-dealkylation sites (tertiary alicyclic amines) is 1. The number of sulfonamides is 1. The fourth-order valence-corrected chi connectivity index (χ4v) is 6.06. The lowest BCUT2D eigenvalue weighted by Gasteiger charge is -2.46. The van der Waals surface area contributed by atoms with Gasteiger partial charge in [0.15, 0.2) is 11.9 Å². The quantitative estimate of drug-likeness (QED) is 0.389. The third-order valence-electron chi connectivity index (χ3n) is 4.98. The summed E-state index contributed by atoms with van der Waals surface area (Å²) < 4.78 is 26.3. The summed E-state index contributed by atoms with van der Waals surface area (Å²) in [4.78, 5) is 26.3. The smallest absolute Gasteiger partial charge is 0.423 e. The maximum absolute atomic E-state index is 13.0. The Morgan fingerprint density at radius 1 is 1.39 bits per heavy atom. The number of aldehydes is 1. The van der Waals surface area contributed by atoms with E-state index in [4.69, 9.17) is 5.73 Å². The first-order valence-electron chi connectivity index (χ1n) is 9.11. The number of nitrogens with zero attached hydrogens (tertiary/aromatic N) is 2. The Morgan fingerprint density at radius 3 is 2.61 bits per heavy atom. The summed E-state index contributed by atoms with van der Waals surface area (Å²) in [5.41, 5.74) is 4.65. The summed E-state index contributed by atoms with van der Waals surface area (Å²) in [5, 5.41) is 10.3. The molecule has 0 radical (unpaired) electrons. The lowest BCUT2D eigenvalue weighted by Crippen LogP contribution is -2.68. The van der Waals surface area contributed by atoms with Gasteiger partial charge in [-0.05, 0) is 24.8 Å². The van der Waals surface area contributed by atoms with Crippen LogP contribution >= 0.6 is 15.9 Å². The zero-order chi connectivity index (χ0) is 20.8. The first-order valence-corrected chi connectivity index (χ1v) is 11.8. The molecule has 3 N–H and O–H groups in total. The van der Waals surface area contributed by atoms with Crippen LogP contribution in [0.2, 0.25) is 0 Å². The number of benzene rings is 1. The van der Waals surface area contributed by atoms with Crippen LogP contribution in [-0.4, -0.2) is 71.0 Å². The molecule has 0 spiro atoms. The summed E-state index contributed by atoms with van der Waals surface area (Å²) in [5.74, 6) is -0.379. The van der Waals surface area contributed by atoms with Crippen LogP contribution in [0.25, 0.3) is 0 Å². The fourth-order valence-electron chi connectivity index (χ4n) is 3.79. The van der Waals surface area contributed by atoms with Gasteiger partial charge >= 0.3 is 6.09 Å². The van der Waals surface area contributed by atoms with E-state index in [0.29, 0.717) is 40.9 Å². The van der Waals surface area contributed by atoms with E-state index in [2.05, 4.69) is 15.9 Å². The molecular formula is C18H26BrN3O5S. The highest BCUT2D eigenvalue weighted by Crippen LogP contribution is 2.34. The third kappa shape index (κ3) is 4.73. The van der Waals surface area contributed by atoms with Gasteiger partial charge in [0.1, 0.15) is 0 Å². The Balaban J connectivity index is 2.62. The number of alkyl halides is 1. The van der Waals surface area contributed by atoms with Crippen molar-refractivity contribution in [3.63, 3.8) is 0 Å². The van der Waals surface area contributed by atoms with Crippen LogP contribution in [-0.2, 0) is 21.2 Å². The summed E-state index contributed by atoms with van der Waals surface area (Å²) in [6.07, 6.45) is 0.325. The van der Waals surface area contributed by atoms with Gasteiger partial charge in [-0.3, -0.25) is 9.69 Å². The van der Waals surface area contributed by atoms with E-state index in [9.17, 15) is 23.1 Å². The van der Waals surface area contributed by atoms with Crippen molar-refractivity contribution in [1.82, 2.24) is 9.21 Å². The SMILES string of the molecule is NCC1CCCN1C(C=O)(Cc1ccccc1)N(C(=O)O)S(=O)(=O)CCCBr. The monoisotopic (exact) mass is 475 g/mol. The minimum atomic E-state index is -4.25. The lowest BCUT2D eigenvalue weighted by molar-refractivity contribution is -0.126. The molecule has 0 aromatic heterocycles. The Labute approximate surface area is 173 Å². The van der Waals surface area contributed by atoms with E-state index in [0.717, 1.165) is 0 Å². The summed E-state index contributed by atoms with van der Waals surface area (Å²) >= 11 is 3.17. The highest BCUT2D eigenvalue weighted by atomic mass is 79.9. The Morgan fingerprint density at radius 2 is 2.07 bits per heavy atom. The van der Waals surface area contributed by atoms with Crippen LogP contribution < -0.4 is 5.73 Å². The number of carbonyl (C=O) groups is 2. The minimum absolute atomic E-state index is 0.0757. The van der Waals surface area contributed by atoms with Gasteiger partial charge in [0.2, 0.25) is 10.0 Å². The van der Waals surface area contributed by atoms with Gasteiger partial charge in [-0.2, -0.15) is 4.31 Å². The molecule has 0 aliphatic carbocycles. The zero-order valence-electron chi connectivity index (χ0n) is 15.5. The largest absolute Gasteiger partial charge is 0.464 e. The highest BCUT2D eigenvalue weighted by Gasteiger charge is 2.53. The predicted molar refractivity (Wildman–Crippen MR) is 110 cm³/mol. The van der Waals surface area contributed by atoms with E-state index in [1.807, 2.05) is 0 Å². The van der Waals surface area contributed by atoms with Crippen LogP contribution in [0.5, 0.6) is 0 Å². The van der Waals surface area contributed by atoms with Crippen molar-refractivity contribution in [3.8, 4) is 0 Å². The maximum atomic E-state index is 13.0. The minimum Gasteiger partial charge on any atom is -0.464 e. The second-order valence-electron chi connectivity index (χ2n) is 6.79. The van der Waals surface area contributed by atoms with E-state index < -0.39 is 21.8 Å². The number of rotatable bonds is 10. The molecule has 1 fully saturated rings. The molecule has 2 atom stereocenters. The van der Waals surface area contributed by atoms with Crippen molar-refractivity contribution in [2.24, 2.45) is 5.73 Å². The second kappa shape index (κ2) is 9.82. The number of carbonyl (C=O) groups excluding carboxylic acids is 1. The van der Waals surface area contributed by atoms with Gasteiger partial charge in [-0.15, -0.1) is 0 Å². The molecule has 2 rings (SSSR count). The first-order chi connectivity index (χ1) is 13.3. The Bertz CT molecular complexity index is 777. The number of halogens is 1. The van der Waals surface area contributed by atoms with Crippen LogP contribution in [0, 0.1) is 0 Å². The number of nitrogens with two attached hydrogens (primary N) is 1. The van der Waals surface area contributed by atoms with Crippen molar-refractivity contribution in [2.75, 3.05) is 24.2 Å². The number of hydrogen-bond acceptors (Lipinski definition) is 6. The standard InChI is InChI=1S/C18H26BrN3O5S/c19-9-5-11-28(26,27)22(17(24)25)18(14-23,12-15-6-2-1-3-7-15)21-10-4-8-16(21)13-20/h1-3,6-7,14,16H,4-5,8-13,20H2,(H,24,25). The fraction of sp³-hybridized carbons (Fsp3) is 0.556. The van der Waals surface area contributed by atoms with Crippen molar-refractivity contribution in [2.45, 2.75) is 37.4 Å². The van der Waals surface area contributed by atoms with Gasteiger partial charge in [-0.1, -0.05) is 46.3 Å². The van der Waals surface area contributed by atoms with E-state index in [-0.39, 0.29) is 31.2 Å². The number of amides is 1. The third-order valence-corrected chi connectivity index (χ3v) is 7.38. The summed E-state index contributed by atoms with van der Waals surface area (Å²) in [6, 6.07) is 8.54. The number of carboxylic acid groups (broad SMARTS) is 1. The van der Waals surface area contributed by atoms with E-state index in [1.54, 1.807) is 35.2 Å². The highest BCUT2D eigenvalue weighted by molar-refractivity contribution is 9.09. The van der Waals surface area contributed by atoms with Crippen molar-refractivity contribution >= 4 is 38.3 Å². The van der Waals surface area contributed by atoms with Gasteiger partial charge in [-0.25, -0.2) is 13.2 Å². The molecule has 1 heterocycles. The Hall–Kier alpha value is -1.49.